The highest BCUT2D eigenvalue weighted by atomic mass is 35.5. The van der Waals surface area contributed by atoms with Gasteiger partial charge < -0.3 is 37.5 Å². The van der Waals surface area contributed by atoms with Crippen LogP contribution >= 0.6 is 11.6 Å². The number of hydrogen-bond donors (Lipinski definition) is 6. The van der Waals surface area contributed by atoms with Crippen LogP contribution in [-0.2, 0) is 9.53 Å². The van der Waals surface area contributed by atoms with Crippen LogP contribution in [0.25, 0.3) is 0 Å². The van der Waals surface area contributed by atoms with E-state index in [2.05, 4.69) is 35.1 Å². The minimum atomic E-state index is -0.778. The van der Waals surface area contributed by atoms with E-state index >= 15 is 0 Å². The van der Waals surface area contributed by atoms with Gasteiger partial charge in [0.1, 0.15) is 0 Å². The monoisotopic (exact) mass is 456 g/mol. The van der Waals surface area contributed by atoms with Crippen LogP contribution in [0.3, 0.4) is 0 Å². The number of nitrogens with one attached hydrogen (secondary N) is 4. The Bertz CT molecular complexity index is 627. The Morgan fingerprint density at radius 2 is 2.06 bits per heavy atom. The Balaban J connectivity index is 1.71. The fourth-order valence-electron chi connectivity index (χ4n) is 4.97. The summed E-state index contributed by atoms with van der Waals surface area (Å²) in [5, 5.41) is 14.1. The first-order chi connectivity index (χ1) is 14.8. The van der Waals surface area contributed by atoms with E-state index in [1.807, 2.05) is 6.20 Å². The maximum atomic E-state index is 13.5. The lowest BCUT2D eigenvalue weighted by atomic mass is 9.73. The maximum Gasteiger partial charge on any atom is 0.228 e. The molecule has 3 aliphatic heterocycles. The number of nitrogens with two attached hydrogens (primary N) is 2. The normalized spacial score (nSPS) is 37.3. The zero-order valence-electron chi connectivity index (χ0n) is 19.0. The molecule has 0 aromatic heterocycles. The molecule has 2 saturated heterocycles. The quantitative estimate of drug-likeness (QED) is 0.311. The molecule has 1 amide bonds. The van der Waals surface area contributed by atoms with E-state index in [1.54, 1.807) is 0 Å². The van der Waals surface area contributed by atoms with Crippen molar-refractivity contribution in [2.45, 2.75) is 82.8 Å². The SMILES string of the molecule is CC[C@]1(C)CC/C(Cl)=C\NC(C(C(=O)NC2CNCCC2O[C@@H]2CCNC2)C(N)N)C1. The lowest BCUT2D eigenvalue weighted by Gasteiger charge is -2.40. The second kappa shape index (κ2) is 11.3. The molecule has 3 heterocycles. The Kier molecular flexibility index (Phi) is 9.01. The van der Waals surface area contributed by atoms with Gasteiger partial charge in [0.05, 0.1) is 30.3 Å². The van der Waals surface area contributed by atoms with Crippen molar-refractivity contribution >= 4 is 17.5 Å². The second-order valence-electron chi connectivity index (χ2n) is 9.73. The summed E-state index contributed by atoms with van der Waals surface area (Å²) in [4.78, 5) is 13.5. The first-order valence-corrected chi connectivity index (χ1v) is 12.2. The molecule has 0 bridgehead atoms. The van der Waals surface area contributed by atoms with Gasteiger partial charge in [-0.05, 0) is 50.6 Å². The molecule has 8 N–H and O–H groups in total. The molecule has 8 nitrogen and oxygen atoms in total. The van der Waals surface area contributed by atoms with Gasteiger partial charge in [-0.25, -0.2) is 0 Å². The topological polar surface area (TPSA) is 126 Å². The van der Waals surface area contributed by atoms with Crippen LogP contribution in [0.2, 0.25) is 0 Å². The van der Waals surface area contributed by atoms with Crippen molar-refractivity contribution in [3.63, 3.8) is 0 Å². The molecule has 9 heteroatoms. The van der Waals surface area contributed by atoms with Crippen molar-refractivity contribution in [1.29, 1.82) is 0 Å². The Hall–Kier alpha value is -0.900. The summed E-state index contributed by atoms with van der Waals surface area (Å²) in [6.07, 6.45) is 6.73. The van der Waals surface area contributed by atoms with E-state index in [0.717, 1.165) is 63.2 Å². The van der Waals surface area contributed by atoms with E-state index in [4.69, 9.17) is 27.8 Å². The summed E-state index contributed by atoms with van der Waals surface area (Å²) >= 11 is 6.37. The number of amides is 1. The van der Waals surface area contributed by atoms with Crippen molar-refractivity contribution in [2.24, 2.45) is 22.8 Å². The minimum Gasteiger partial charge on any atom is -0.386 e. The summed E-state index contributed by atoms with van der Waals surface area (Å²) in [7, 11) is 0. The third-order valence-electron chi connectivity index (χ3n) is 7.27. The van der Waals surface area contributed by atoms with Crippen molar-refractivity contribution in [3.8, 4) is 0 Å². The molecule has 0 aromatic rings. The number of halogens is 1. The van der Waals surface area contributed by atoms with Gasteiger partial charge >= 0.3 is 0 Å². The number of piperidine rings is 1. The van der Waals surface area contributed by atoms with Gasteiger partial charge in [0.25, 0.3) is 0 Å². The Morgan fingerprint density at radius 1 is 1.32 bits per heavy atom. The lowest BCUT2D eigenvalue weighted by Crippen LogP contribution is -2.61. The molecule has 2 fully saturated rings. The fraction of sp³-hybridized carbons (Fsp3) is 0.864. The van der Waals surface area contributed by atoms with Crippen molar-refractivity contribution in [1.82, 2.24) is 21.3 Å². The van der Waals surface area contributed by atoms with Gasteiger partial charge in [0.15, 0.2) is 0 Å². The van der Waals surface area contributed by atoms with Crippen LogP contribution in [-0.4, -0.2) is 62.5 Å². The Morgan fingerprint density at radius 3 is 2.74 bits per heavy atom. The average molecular weight is 457 g/mol. The standard InChI is InChI=1S/C22H41ClN6O2/c1-3-22(2)7-4-14(23)11-28-16(10-22)19(20(24)25)21(30)29-17-13-27-9-6-18(17)31-15-5-8-26-12-15/h11,15-20,26-28H,3-10,12-13,24-25H2,1-2H3,(H,29,30)/b14-11+/t15-,16?,17?,18?,19?,22-/m1/s1. The molecular weight excluding hydrogens is 416 g/mol. The van der Waals surface area contributed by atoms with E-state index in [9.17, 15) is 4.79 Å². The van der Waals surface area contributed by atoms with Gasteiger partial charge in [-0.1, -0.05) is 31.9 Å². The first kappa shape index (κ1) is 24.7. The Labute approximate surface area is 191 Å². The fourth-order valence-corrected chi connectivity index (χ4v) is 5.13. The zero-order chi connectivity index (χ0) is 22.4. The molecule has 0 aromatic carbocycles. The molecule has 3 aliphatic rings. The number of carbonyl (C=O) groups excluding carboxylic acids is 1. The third kappa shape index (κ3) is 6.79. The van der Waals surface area contributed by atoms with Gasteiger partial charge in [-0.2, -0.15) is 0 Å². The molecule has 3 rings (SSSR count). The summed E-state index contributed by atoms with van der Waals surface area (Å²) in [5.41, 5.74) is 12.4. The molecular formula is C22H41ClN6O2. The van der Waals surface area contributed by atoms with Crippen molar-refractivity contribution < 1.29 is 9.53 Å². The van der Waals surface area contributed by atoms with Crippen LogP contribution in [0.5, 0.6) is 0 Å². The summed E-state index contributed by atoms with van der Waals surface area (Å²) in [6.45, 7) is 7.85. The predicted molar refractivity (Wildman–Crippen MR) is 124 cm³/mol. The van der Waals surface area contributed by atoms with Crippen LogP contribution in [0, 0.1) is 11.3 Å². The smallest absolute Gasteiger partial charge is 0.228 e. The number of ether oxygens (including phenoxy) is 1. The molecule has 178 valence electrons. The minimum absolute atomic E-state index is 0.00899. The molecule has 0 radical (unpaired) electrons. The largest absolute Gasteiger partial charge is 0.386 e. The molecule has 0 saturated carbocycles. The van der Waals surface area contributed by atoms with E-state index < -0.39 is 12.1 Å². The highest BCUT2D eigenvalue weighted by Crippen LogP contribution is 2.37. The lowest BCUT2D eigenvalue weighted by molar-refractivity contribution is -0.130. The summed E-state index contributed by atoms with van der Waals surface area (Å²) < 4.78 is 6.33. The van der Waals surface area contributed by atoms with E-state index in [1.165, 1.54) is 0 Å². The molecule has 4 unspecified atom stereocenters. The summed E-state index contributed by atoms with van der Waals surface area (Å²) in [5.74, 6) is -0.691. The third-order valence-corrected chi connectivity index (χ3v) is 7.57. The first-order valence-electron chi connectivity index (χ1n) is 11.8. The van der Waals surface area contributed by atoms with Crippen LogP contribution in [0.1, 0.15) is 52.4 Å². The van der Waals surface area contributed by atoms with E-state index in [0.29, 0.717) is 6.54 Å². The van der Waals surface area contributed by atoms with Crippen molar-refractivity contribution in [2.75, 3.05) is 26.2 Å². The molecule has 0 spiro atoms. The number of rotatable bonds is 7. The van der Waals surface area contributed by atoms with E-state index in [-0.39, 0.29) is 35.6 Å². The van der Waals surface area contributed by atoms with Crippen LogP contribution < -0.4 is 32.7 Å². The highest BCUT2D eigenvalue weighted by molar-refractivity contribution is 6.29. The zero-order valence-corrected chi connectivity index (χ0v) is 19.7. The molecule has 31 heavy (non-hydrogen) atoms. The summed E-state index contributed by atoms with van der Waals surface area (Å²) in [6, 6.07) is -0.290. The number of hydrogen-bond acceptors (Lipinski definition) is 7. The highest BCUT2D eigenvalue weighted by Gasteiger charge is 2.39. The van der Waals surface area contributed by atoms with Gasteiger partial charge in [0.2, 0.25) is 5.91 Å². The van der Waals surface area contributed by atoms with Gasteiger partial charge in [0, 0.05) is 30.4 Å². The molecule has 6 atom stereocenters. The molecule has 0 aliphatic carbocycles. The number of carbonyl (C=O) groups is 1. The average Bonchev–Trinajstić information content (AvgIpc) is 3.24. The predicted octanol–water partition coefficient (Wildman–Crippen LogP) is 0.710. The maximum absolute atomic E-state index is 13.5. The van der Waals surface area contributed by atoms with Crippen LogP contribution in [0.4, 0.5) is 0 Å². The number of allylic oxidation sites excluding steroid dienone is 1. The van der Waals surface area contributed by atoms with Gasteiger partial charge in [-0.15, -0.1) is 0 Å². The second-order valence-corrected chi connectivity index (χ2v) is 10.2. The van der Waals surface area contributed by atoms with Crippen molar-refractivity contribution in [3.05, 3.63) is 11.2 Å². The van der Waals surface area contributed by atoms with Crippen LogP contribution in [0.15, 0.2) is 11.2 Å². The van der Waals surface area contributed by atoms with Gasteiger partial charge in [-0.3, -0.25) is 4.79 Å².